The summed E-state index contributed by atoms with van der Waals surface area (Å²) in [5.74, 6) is -0.888. The van der Waals surface area contributed by atoms with E-state index in [4.69, 9.17) is 9.47 Å². The van der Waals surface area contributed by atoms with Crippen LogP contribution in [0, 0.1) is 11.8 Å². The number of sulfonamides is 1. The lowest BCUT2D eigenvalue weighted by molar-refractivity contribution is -0.145. The van der Waals surface area contributed by atoms with Crippen LogP contribution in [0.5, 0.6) is 0 Å². The normalized spacial score (nSPS) is 24.9. The number of rotatable bonds is 7. The molecule has 118 valence electrons. The van der Waals surface area contributed by atoms with Crippen molar-refractivity contribution in [3.8, 4) is 0 Å². The molecule has 7 heteroatoms. The molecule has 1 fully saturated rings. The lowest BCUT2D eigenvalue weighted by atomic mass is 10.1. The third kappa shape index (κ3) is 4.17. The number of carbonyl (C=O) groups excluding carboxylic acids is 1. The Labute approximate surface area is 121 Å². The molecule has 0 radical (unpaired) electrons. The molecule has 1 aliphatic rings. The Morgan fingerprint density at radius 2 is 1.95 bits per heavy atom. The molecule has 3 unspecified atom stereocenters. The SMILES string of the molecule is COCC(NS(=O)(=O)C1CCCC1C(=O)OC)C(C)C. The Morgan fingerprint density at radius 3 is 2.45 bits per heavy atom. The van der Waals surface area contributed by atoms with Gasteiger partial charge < -0.3 is 9.47 Å². The van der Waals surface area contributed by atoms with Gasteiger partial charge in [0.2, 0.25) is 10.0 Å². The van der Waals surface area contributed by atoms with E-state index in [9.17, 15) is 13.2 Å². The third-order valence-corrected chi connectivity index (χ3v) is 5.81. The molecule has 0 aromatic carbocycles. The predicted molar refractivity (Wildman–Crippen MR) is 75.7 cm³/mol. The summed E-state index contributed by atoms with van der Waals surface area (Å²) in [4.78, 5) is 11.7. The number of hydrogen-bond acceptors (Lipinski definition) is 5. The summed E-state index contributed by atoms with van der Waals surface area (Å²) < 4.78 is 37.4. The van der Waals surface area contributed by atoms with E-state index in [0.29, 0.717) is 19.4 Å². The second-order valence-corrected chi connectivity index (χ2v) is 7.50. The highest BCUT2D eigenvalue weighted by atomic mass is 32.2. The first-order valence-corrected chi connectivity index (χ1v) is 8.46. The maximum absolute atomic E-state index is 12.5. The topological polar surface area (TPSA) is 81.7 Å². The number of carbonyl (C=O) groups is 1. The average Bonchev–Trinajstić information content (AvgIpc) is 2.87. The smallest absolute Gasteiger partial charge is 0.310 e. The largest absolute Gasteiger partial charge is 0.469 e. The fourth-order valence-electron chi connectivity index (χ4n) is 2.56. The van der Waals surface area contributed by atoms with Crippen molar-refractivity contribution in [2.24, 2.45) is 11.8 Å². The molecule has 1 saturated carbocycles. The maximum atomic E-state index is 12.5. The van der Waals surface area contributed by atoms with Crippen molar-refractivity contribution in [3.05, 3.63) is 0 Å². The van der Waals surface area contributed by atoms with Gasteiger partial charge in [-0.1, -0.05) is 20.3 Å². The van der Waals surface area contributed by atoms with E-state index < -0.39 is 27.2 Å². The van der Waals surface area contributed by atoms with Gasteiger partial charge in [-0.25, -0.2) is 13.1 Å². The van der Waals surface area contributed by atoms with Gasteiger partial charge >= 0.3 is 5.97 Å². The van der Waals surface area contributed by atoms with Crippen molar-refractivity contribution in [1.82, 2.24) is 4.72 Å². The van der Waals surface area contributed by atoms with Crippen LogP contribution in [0.4, 0.5) is 0 Å². The fourth-order valence-corrected chi connectivity index (χ4v) is 4.65. The summed E-state index contributed by atoms with van der Waals surface area (Å²) in [7, 11) is -0.732. The zero-order valence-electron chi connectivity index (χ0n) is 12.6. The second-order valence-electron chi connectivity index (χ2n) is 5.57. The molecule has 3 atom stereocenters. The molecule has 0 spiro atoms. The molecule has 0 aromatic rings. The zero-order valence-corrected chi connectivity index (χ0v) is 13.4. The molecule has 1 N–H and O–H groups in total. The van der Waals surface area contributed by atoms with Gasteiger partial charge in [0.25, 0.3) is 0 Å². The summed E-state index contributed by atoms with van der Waals surface area (Å²) >= 11 is 0. The van der Waals surface area contributed by atoms with Gasteiger partial charge in [-0.05, 0) is 18.8 Å². The van der Waals surface area contributed by atoms with Gasteiger partial charge in [-0.15, -0.1) is 0 Å². The number of ether oxygens (including phenoxy) is 2. The van der Waals surface area contributed by atoms with Crippen LogP contribution in [0.25, 0.3) is 0 Å². The molecule has 0 saturated heterocycles. The summed E-state index contributed by atoms with van der Waals surface area (Å²) in [5.41, 5.74) is 0. The molecule has 0 bridgehead atoms. The Bertz CT molecular complexity index is 420. The van der Waals surface area contributed by atoms with Crippen molar-refractivity contribution in [2.45, 2.75) is 44.4 Å². The van der Waals surface area contributed by atoms with E-state index in [-0.39, 0.29) is 12.0 Å². The lowest BCUT2D eigenvalue weighted by Gasteiger charge is -2.25. The Hall–Kier alpha value is -0.660. The van der Waals surface area contributed by atoms with Crippen LogP contribution < -0.4 is 4.72 Å². The number of methoxy groups -OCH3 is 2. The van der Waals surface area contributed by atoms with Gasteiger partial charge in [0.1, 0.15) is 0 Å². The van der Waals surface area contributed by atoms with Crippen LogP contribution in [0.15, 0.2) is 0 Å². The molecule has 0 aromatic heterocycles. The van der Waals surface area contributed by atoms with E-state index in [1.165, 1.54) is 14.2 Å². The van der Waals surface area contributed by atoms with E-state index >= 15 is 0 Å². The van der Waals surface area contributed by atoms with E-state index in [2.05, 4.69) is 4.72 Å². The molecule has 20 heavy (non-hydrogen) atoms. The summed E-state index contributed by atoms with van der Waals surface area (Å²) in [6, 6.07) is -0.288. The lowest BCUT2D eigenvalue weighted by Crippen LogP contribution is -2.47. The number of nitrogens with one attached hydrogen (secondary N) is 1. The van der Waals surface area contributed by atoms with Crippen molar-refractivity contribution in [1.29, 1.82) is 0 Å². The Morgan fingerprint density at radius 1 is 1.30 bits per heavy atom. The van der Waals surface area contributed by atoms with E-state index in [1.54, 1.807) is 0 Å². The summed E-state index contributed by atoms with van der Waals surface area (Å²) in [6.07, 6.45) is 1.78. The number of hydrogen-bond donors (Lipinski definition) is 1. The molecular formula is C13H25NO5S. The highest BCUT2D eigenvalue weighted by Crippen LogP contribution is 2.32. The quantitative estimate of drug-likeness (QED) is 0.707. The molecule has 0 aliphatic heterocycles. The van der Waals surface area contributed by atoms with Gasteiger partial charge in [0.05, 0.1) is 24.9 Å². The van der Waals surface area contributed by atoms with Crippen LogP contribution >= 0.6 is 0 Å². The minimum absolute atomic E-state index is 0.114. The standard InChI is InChI=1S/C13H25NO5S/c1-9(2)11(8-18-3)14-20(16,17)12-7-5-6-10(12)13(15)19-4/h9-12,14H,5-8H2,1-4H3. The van der Waals surface area contributed by atoms with Crippen LogP contribution in [0.3, 0.4) is 0 Å². The maximum Gasteiger partial charge on any atom is 0.310 e. The molecule has 0 amide bonds. The average molecular weight is 307 g/mol. The van der Waals surface area contributed by atoms with Crippen LogP contribution in [0.1, 0.15) is 33.1 Å². The predicted octanol–water partition coefficient (Wildman–Crippen LogP) is 0.919. The Balaban J connectivity index is 2.84. The first kappa shape index (κ1) is 17.4. The van der Waals surface area contributed by atoms with Crippen LogP contribution in [-0.4, -0.2) is 46.5 Å². The minimum atomic E-state index is -3.56. The molecule has 6 nitrogen and oxygen atoms in total. The van der Waals surface area contributed by atoms with Crippen molar-refractivity contribution in [2.75, 3.05) is 20.8 Å². The third-order valence-electron chi connectivity index (χ3n) is 3.82. The highest BCUT2D eigenvalue weighted by Gasteiger charge is 2.43. The van der Waals surface area contributed by atoms with Crippen LogP contribution in [0.2, 0.25) is 0 Å². The monoisotopic (exact) mass is 307 g/mol. The van der Waals surface area contributed by atoms with Crippen molar-refractivity contribution >= 4 is 16.0 Å². The zero-order chi connectivity index (χ0) is 15.3. The summed E-state index contributed by atoms with van der Waals surface area (Å²) in [6.45, 7) is 4.17. The molecular weight excluding hydrogens is 282 g/mol. The minimum Gasteiger partial charge on any atom is -0.469 e. The van der Waals surface area contributed by atoms with Crippen molar-refractivity contribution in [3.63, 3.8) is 0 Å². The van der Waals surface area contributed by atoms with Crippen molar-refractivity contribution < 1.29 is 22.7 Å². The summed E-state index contributed by atoms with van der Waals surface area (Å²) in [5, 5.41) is -0.701. The van der Waals surface area contributed by atoms with Gasteiger partial charge in [0, 0.05) is 13.2 Å². The first-order valence-electron chi connectivity index (χ1n) is 6.91. The van der Waals surface area contributed by atoms with Crippen LogP contribution in [-0.2, 0) is 24.3 Å². The number of esters is 1. The Kier molecular flexibility index (Phi) is 6.42. The van der Waals surface area contributed by atoms with Gasteiger partial charge in [-0.2, -0.15) is 0 Å². The molecule has 1 rings (SSSR count). The van der Waals surface area contributed by atoms with E-state index in [0.717, 1.165) is 6.42 Å². The molecule has 1 aliphatic carbocycles. The van der Waals surface area contributed by atoms with Gasteiger partial charge in [-0.3, -0.25) is 4.79 Å². The first-order chi connectivity index (χ1) is 9.33. The van der Waals surface area contributed by atoms with Gasteiger partial charge in [0.15, 0.2) is 0 Å². The fraction of sp³-hybridized carbons (Fsp3) is 0.923. The molecule has 0 heterocycles. The highest BCUT2D eigenvalue weighted by molar-refractivity contribution is 7.90. The second kappa shape index (κ2) is 7.38. The van der Waals surface area contributed by atoms with E-state index in [1.807, 2.05) is 13.8 Å².